The second-order valence-electron chi connectivity index (χ2n) is 3.51. The molecule has 0 radical (unpaired) electrons. The van der Waals surface area contributed by atoms with Crippen LogP contribution in [0.2, 0.25) is 0 Å². The minimum absolute atomic E-state index is 0.114. The van der Waals surface area contributed by atoms with E-state index in [9.17, 15) is 5.11 Å². The molecule has 4 unspecified atom stereocenters. The van der Waals surface area contributed by atoms with Crippen LogP contribution in [-0.2, 0) is 4.74 Å². The van der Waals surface area contributed by atoms with Crippen molar-refractivity contribution in [1.29, 1.82) is 0 Å². The standard InChI is InChI=1S/C8H14O2/c1-5(9)8-6-2-3-10-4-7(6)8/h5-9H,2-4H2,1H3. The van der Waals surface area contributed by atoms with Gasteiger partial charge in [-0.15, -0.1) is 0 Å². The van der Waals surface area contributed by atoms with E-state index in [2.05, 4.69) is 0 Å². The molecule has 1 saturated heterocycles. The van der Waals surface area contributed by atoms with Crippen molar-refractivity contribution < 1.29 is 9.84 Å². The van der Waals surface area contributed by atoms with Crippen molar-refractivity contribution in [3.8, 4) is 0 Å². The highest BCUT2D eigenvalue weighted by Gasteiger charge is 2.53. The van der Waals surface area contributed by atoms with Gasteiger partial charge in [-0.25, -0.2) is 0 Å². The predicted octanol–water partition coefficient (Wildman–Crippen LogP) is 0.650. The second kappa shape index (κ2) is 2.21. The zero-order valence-corrected chi connectivity index (χ0v) is 6.29. The minimum Gasteiger partial charge on any atom is -0.393 e. The highest BCUT2D eigenvalue weighted by Crippen LogP contribution is 2.52. The fraction of sp³-hybridized carbons (Fsp3) is 1.00. The molecule has 58 valence electrons. The average Bonchev–Trinajstić information content (AvgIpc) is 2.60. The molecular formula is C8H14O2. The first-order valence-corrected chi connectivity index (χ1v) is 4.06. The molecule has 1 aliphatic heterocycles. The number of aliphatic hydroxyl groups is 1. The van der Waals surface area contributed by atoms with Gasteiger partial charge in [0.25, 0.3) is 0 Å². The van der Waals surface area contributed by atoms with Crippen molar-refractivity contribution >= 4 is 0 Å². The molecule has 0 aromatic carbocycles. The lowest BCUT2D eigenvalue weighted by molar-refractivity contribution is 0.0867. The Bertz CT molecular complexity index is 121. The summed E-state index contributed by atoms with van der Waals surface area (Å²) in [6, 6.07) is 0. The van der Waals surface area contributed by atoms with Crippen LogP contribution in [0, 0.1) is 17.8 Å². The lowest BCUT2D eigenvalue weighted by Crippen LogP contribution is -2.07. The zero-order chi connectivity index (χ0) is 7.14. The summed E-state index contributed by atoms with van der Waals surface area (Å²) in [5.74, 6) is 2.03. The maximum Gasteiger partial charge on any atom is 0.0546 e. The number of fused-ring (bicyclic) bond motifs is 1. The second-order valence-corrected chi connectivity index (χ2v) is 3.51. The largest absolute Gasteiger partial charge is 0.393 e. The average molecular weight is 142 g/mol. The number of ether oxygens (including phenoxy) is 1. The molecule has 2 heteroatoms. The van der Waals surface area contributed by atoms with Crippen molar-refractivity contribution in [2.75, 3.05) is 13.2 Å². The Kier molecular flexibility index (Phi) is 1.46. The van der Waals surface area contributed by atoms with Gasteiger partial charge in [-0.05, 0) is 31.1 Å². The molecule has 1 N–H and O–H groups in total. The van der Waals surface area contributed by atoms with Gasteiger partial charge in [0.05, 0.1) is 12.7 Å². The third-order valence-electron chi connectivity index (χ3n) is 2.86. The monoisotopic (exact) mass is 142 g/mol. The van der Waals surface area contributed by atoms with Crippen molar-refractivity contribution in [3.05, 3.63) is 0 Å². The van der Waals surface area contributed by atoms with E-state index in [-0.39, 0.29) is 6.10 Å². The summed E-state index contributed by atoms with van der Waals surface area (Å²) in [5, 5.41) is 9.27. The van der Waals surface area contributed by atoms with Gasteiger partial charge < -0.3 is 9.84 Å². The normalized spacial score (nSPS) is 48.0. The van der Waals surface area contributed by atoms with E-state index >= 15 is 0 Å². The van der Waals surface area contributed by atoms with Crippen molar-refractivity contribution in [2.45, 2.75) is 19.4 Å². The van der Waals surface area contributed by atoms with Gasteiger partial charge in [0.2, 0.25) is 0 Å². The van der Waals surface area contributed by atoms with Gasteiger partial charge >= 0.3 is 0 Å². The summed E-state index contributed by atoms with van der Waals surface area (Å²) in [7, 11) is 0. The van der Waals surface area contributed by atoms with Crippen LogP contribution < -0.4 is 0 Å². The van der Waals surface area contributed by atoms with Gasteiger partial charge in [0, 0.05) is 6.61 Å². The Morgan fingerprint density at radius 3 is 2.80 bits per heavy atom. The Labute approximate surface area is 61.2 Å². The molecular weight excluding hydrogens is 128 g/mol. The Balaban J connectivity index is 1.93. The lowest BCUT2D eigenvalue weighted by Gasteiger charge is -2.07. The van der Waals surface area contributed by atoms with Crippen LogP contribution in [0.25, 0.3) is 0 Å². The first-order chi connectivity index (χ1) is 4.80. The van der Waals surface area contributed by atoms with Gasteiger partial charge in [0.15, 0.2) is 0 Å². The van der Waals surface area contributed by atoms with Crippen molar-refractivity contribution in [3.63, 3.8) is 0 Å². The van der Waals surface area contributed by atoms with E-state index in [1.54, 1.807) is 0 Å². The van der Waals surface area contributed by atoms with Gasteiger partial charge in [0.1, 0.15) is 0 Å². The third kappa shape index (κ3) is 0.867. The van der Waals surface area contributed by atoms with E-state index in [4.69, 9.17) is 4.74 Å². The number of rotatable bonds is 1. The van der Waals surface area contributed by atoms with E-state index < -0.39 is 0 Å². The quantitative estimate of drug-likeness (QED) is 0.582. The van der Waals surface area contributed by atoms with Crippen LogP contribution in [0.15, 0.2) is 0 Å². The topological polar surface area (TPSA) is 29.5 Å². The van der Waals surface area contributed by atoms with Gasteiger partial charge in [-0.2, -0.15) is 0 Å². The number of aliphatic hydroxyl groups excluding tert-OH is 1. The van der Waals surface area contributed by atoms with E-state index in [1.807, 2.05) is 6.92 Å². The summed E-state index contributed by atoms with van der Waals surface area (Å²) in [6.07, 6.45) is 1.05. The molecule has 2 aliphatic rings. The summed E-state index contributed by atoms with van der Waals surface area (Å²) >= 11 is 0. The molecule has 2 rings (SSSR count). The Morgan fingerprint density at radius 1 is 1.50 bits per heavy atom. The Morgan fingerprint density at radius 2 is 2.30 bits per heavy atom. The van der Waals surface area contributed by atoms with Crippen LogP contribution in [0.5, 0.6) is 0 Å². The molecule has 1 aliphatic carbocycles. The summed E-state index contributed by atoms with van der Waals surface area (Å²) in [6.45, 7) is 3.69. The molecule has 2 nitrogen and oxygen atoms in total. The summed E-state index contributed by atoms with van der Waals surface area (Å²) < 4.78 is 5.29. The Hall–Kier alpha value is -0.0800. The SMILES string of the molecule is CC(O)C1C2CCOCC21. The highest BCUT2D eigenvalue weighted by molar-refractivity contribution is 5.00. The minimum atomic E-state index is -0.114. The molecule has 2 fully saturated rings. The molecule has 0 aromatic rings. The maximum atomic E-state index is 9.27. The van der Waals surface area contributed by atoms with Crippen molar-refractivity contribution in [2.24, 2.45) is 17.8 Å². The lowest BCUT2D eigenvalue weighted by atomic mass is 10.2. The van der Waals surface area contributed by atoms with E-state index in [1.165, 1.54) is 6.42 Å². The zero-order valence-electron chi connectivity index (χ0n) is 6.29. The molecule has 10 heavy (non-hydrogen) atoms. The summed E-state index contributed by atoms with van der Waals surface area (Å²) in [4.78, 5) is 0. The van der Waals surface area contributed by atoms with E-state index in [0.29, 0.717) is 11.8 Å². The molecule has 0 aromatic heterocycles. The molecule has 0 bridgehead atoms. The van der Waals surface area contributed by atoms with Crippen LogP contribution in [0.3, 0.4) is 0 Å². The van der Waals surface area contributed by atoms with Crippen LogP contribution in [0.4, 0.5) is 0 Å². The fourth-order valence-corrected chi connectivity index (χ4v) is 2.27. The molecule has 4 atom stereocenters. The molecule has 0 amide bonds. The summed E-state index contributed by atoms with van der Waals surface area (Å²) in [5.41, 5.74) is 0. The first-order valence-electron chi connectivity index (χ1n) is 4.06. The van der Waals surface area contributed by atoms with E-state index in [0.717, 1.165) is 19.1 Å². The first kappa shape index (κ1) is 6.62. The molecule has 1 heterocycles. The van der Waals surface area contributed by atoms with Crippen LogP contribution >= 0.6 is 0 Å². The molecule has 1 saturated carbocycles. The van der Waals surface area contributed by atoms with Crippen LogP contribution in [-0.4, -0.2) is 24.4 Å². The number of hydrogen-bond acceptors (Lipinski definition) is 2. The highest BCUT2D eigenvalue weighted by atomic mass is 16.5. The maximum absolute atomic E-state index is 9.27. The molecule has 0 spiro atoms. The van der Waals surface area contributed by atoms with Gasteiger partial charge in [-0.3, -0.25) is 0 Å². The number of hydrogen-bond donors (Lipinski definition) is 1. The predicted molar refractivity (Wildman–Crippen MR) is 37.6 cm³/mol. The third-order valence-corrected chi connectivity index (χ3v) is 2.86. The van der Waals surface area contributed by atoms with Crippen molar-refractivity contribution in [1.82, 2.24) is 0 Å². The van der Waals surface area contributed by atoms with Gasteiger partial charge in [-0.1, -0.05) is 0 Å². The smallest absolute Gasteiger partial charge is 0.0546 e. The van der Waals surface area contributed by atoms with Crippen LogP contribution in [0.1, 0.15) is 13.3 Å². The fourth-order valence-electron chi connectivity index (χ4n) is 2.27.